The molecule has 0 amide bonds. The number of aromatic nitrogens is 8. The molecule has 0 atom stereocenters. The number of nitrogens with zero attached hydrogens (tertiary/aromatic N) is 8. The molecule has 8 nitrogen and oxygen atoms in total. The van der Waals surface area contributed by atoms with Crippen molar-refractivity contribution in [3.8, 4) is 90.8 Å². The molecular weight excluding hydrogens is 1100 g/mol. The van der Waals surface area contributed by atoms with Crippen molar-refractivity contribution in [2.75, 3.05) is 0 Å². The standard InChI is InChI=1S/C82H74N8/c1-43-47(5)55(13)73-69(51(43)9)70-52(10)44(2)48(6)56(14)74(70)89(73)67-39-37-63(81-85-77(59-29-21-17-22-30-59)83-78(86-81)60-31-23-18-24-32-60)41-65(67)66-42-64(82-87-79(61-33-25-19-26-34-61)84-80(88-82)62-35-27-20-28-36-62)38-40-68(66)90-75-57(15)49(7)45(3)53(11)71(75)72-54(12)46(4)50(8)58(16)76(72)90/h17-42H,1-16H3. The van der Waals surface area contributed by atoms with E-state index in [0.29, 0.717) is 34.9 Å². The van der Waals surface area contributed by atoms with Gasteiger partial charge in [0, 0.05) is 66.1 Å². The van der Waals surface area contributed by atoms with Crippen molar-refractivity contribution < 1.29 is 0 Å². The lowest BCUT2D eigenvalue weighted by Crippen LogP contribution is -2.07. The Morgan fingerprint density at radius 2 is 0.400 bits per heavy atom. The van der Waals surface area contributed by atoms with Crippen LogP contribution in [0.2, 0.25) is 0 Å². The van der Waals surface area contributed by atoms with Crippen molar-refractivity contribution in [2.45, 2.75) is 111 Å². The van der Waals surface area contributed by atoms with E-state index in [1.807, 2.05) is 72.8 Å². The van der Waals surface area contributed by atoms with Crippen LogP contribution in [0.1, 0.15) is 89.0 Å². The summed E-state index contributed by atoms with van der Waals surface area (Å²) in [5.74, 6) is 3.52. The average Bonchev–Trinajstić information content (AvgIpc) is 1.54. The van der Waals surface area contributed by atoms with Crippen LogP contribution in [0.5, 0.6) is 0 Å². The number of fused-ring (bicyclic) bond motifs is 6. The maximum absolute atomic E-state index is 5.43. The summed E-state index contributed by atoms with van der Waals surface area (Å²) in [6.45, 7) is 36.9. The molecular formula is C82H74N8. The molecule has 0 aliphatic heterocycles. The van der Waals surface area contributed by atoms with Crippen LogP contribution >= 0.6 is 0 Å². The van der Waals surface area contributed by atoms with Crippen LogP contribution in [0.4, 0.5) is 0 Å². The van der Waals surface area contributed by atoms with Gasteiger partial charge in [-0.15, -0.1) is 0 Å². The van der Waals surface area contributed by atoms with E-state index in [9.17, 15) is 0 Å². The Hall–Kier alpha value is -10.2. The lowest BCUT2D eigenvalue weighted by atomic mass is 9.90. The molecule has 14 aromatic rings. The summed E-state index contributed by atoms with van der Waals surface area (Å²) in [7, 11) is 0. The highest BCUT2D eigenvalue weighted by molar-refractivity contribution is 6.18. The first kappa shape index (κ1) is 57.6. The van der Waals surface area contributed by atoms with Crippen LogP contribution in [-0.2, 0) is 0 Å². The molecule has 0 radical (unpaired) electrons. The summed E-state index contributed by atoms with van der Waals surface area (Å²) >= 11 is 0. The maximum Gasteiger partial charge on any atom is 0.164 e. The molecule has 0 saturated carbocycles. The third-order valence-electron chi connectivity index (χ3n) is 20.7. The van der Waals surface area contributed by atoms with Crippen molar-refractivity contribution in [3.63, 3.8) is 0 Å². The van der Waals surface area contributed by atoms with Gasteiger partial charge in [-0.25, -0.2) is 29.9 Å². The summed E-state index contributed by atoms with van der Waals surface area (Å²) in [6, 6.07) is 54.9. The maximum atomic E-state index is 5.43. The largest absolute Gasteiger partial charge is 0.308 e. The lowest BCUT2D eigenvalue weighted by molar-refractivity contribution is 1.07. The second kappa shape index (κ2) is 21.8. The zero-order valence-electron chi connectivity index (χ0n) is 54.6. The predicted octanol–water partition coefficient (Wildman–Crippen LogP) is 20.9. The molecule has 0 spiro atoms. The van der Waals surface area contributed by atoms with Crippen LogP contribution in [0.3, 0.4) is 0 Å². The first-order chi connectivity index (χ1) is 43.3. The van der Waals surface area contributed by atoms with Crippen molar-refractivity contribution in [1.29, 1.82) is 0 Å². The topological polar surface area (TPSA) is 87.2 Å². The van der Waals surface area contributed by atoms with E-state index in [1.54, 1.807) is 0 Å². The van der Waals surface area contributed by atoms with Gasteiger partial charge in [-0.2, -0.15) is 0 Å². The van der Waals surface area contributed by atoms with Gasteiger partial charge in [-0.1, -0.05) is 121 Å². The predicted molar refractivity (Wildman–Crippen MR) is 376 cm³/mol. The molecule has 10 aromatic carbocycles. The number of hydrogen-bond donors (Lipinski definition) is 0. The SMILES string of the molecule is Cc1c(C)c(C)c2c(c1C)c1c(C)c(C)c(C)c(C)c1n2-c1ccc(-c2nc(-c3ccccc3)nc(-c3ccccc3)n2)cc1-c1cc(-c2nc(-c3ccccc3)nc(-c3ccccc3)n2)ccc1-n1c2c(C)c(C)c(C)c(C)c2c2c(C)c(C)c(C)c(C)c21. The van der Waals surface area contributed by atoms with Crippen LogP contribution in [0, 0.1) is 111 Å². The Bertz CT molecular complexity index is 4720. The average molecular weight is 1170 g/mol. The molecule has 4 heterocycles. The number of rotatable bonds is 9. The molecule has 0 bridgehead atoms. The van der Waals surface area contributed by atoms with Crippen LogP contribution in [0.15, 0.2) is 158 Å². The quantitative estimate of drug-likeness (QED) is 0.143. The third-order valence-corrected chi connectivity index (χ3v) is 20.7. The first-order valence-corrected chi connectivity index (χ1v) is 31.4. The highest BCUT2D eigenvalue weighted by Crippen LogP contribution is 2.50. The molecule has 0 N–H and O–H groups in total. The van der Waals surface area contributed by atoms with Gasteiger partial charge in [-0.3, -0.25) is 0 Å². The van der Waals surface area contributed by atoms with Gasteiger partial charge in [0.2, 0.25) is 0 Å². The molecule has 0 aliphatic carbocycles. The van der Waals surface area contributed by atoms with Crippen LogP contribution in [0.25, 0.3) is 134 Å². The van der Waals surface area contributed by atoms with E-state index < -0.39 is 0 Å². The van der Waals surface area contributed by atoms with Gasteiger partial charge in [0.15, 0.2) is 34.9 Å². The molecule has 4 aromatic heterocycles. The normalized spacial score (nSPS) is 11.8. The highest BCUT2D eigenvalue weighted by Gasteiger charge is 2.30. The van der Waals surface area contributed by atoms with E-state index in [2.05, 4.69) is 205 Å². The summed E-state index contributed by atoms with van der Waals surface area (Å²) in [6.07, 6.45) is 0. The second-order valence-corrected chi connectivity index (χ2v) is 25.1. The Morgan fingerprint density at radius 1 is 0.200 bits per heavy atom. The second-order valence-electron chi connectivity index (χ2n) is 25.1. The van der Waals surface area contributed by atoms with Gasteiger partial charge in [0.25, 0.3) is 0 Å². The lowest BCUT2D eigenvalue weighted by Gasteiger charge is -2.23. The molecule has 0 unspecified atom stereocenters. The minimum absolute atomic E-state index is 0.567. The molecule has 442 valence electrons. The smallest absolute Gasteiger partial charge is 0.164 e. The Labute approximate surface area is 528 Å². The number of benzene rings is 10. The molecule has 0 saturated heterocycles. The summed E-state index contributed by atoms with van der Waals surface area (Å²) in [5, 5.41) is 5.16. The van der Waals surface area contributed by atoms with E-state index in [4.69, 9.17) is 29.9 Å². The van der Waals surface area contributed by atoms with E-state index in [1.165, 1.54) is 133 Å². The zero-order chi connectivity index (χ0) is 62.9. The molecule has 14 rings (SSSR count). The van der Waals surface area contributed by atoms with Crippen molar-refractivity contribution in [3.05, 3.63) is 247 Å². The van der Waals surface area contributed by atoms with Gasteiger partial charge in [0.1, 0.15) is 0 Å². The minimum Gasteiger partial charge on any atom is -0.308 e. The molecule has 0 fully saturated rings. The Morgan fingerprint density at radius 3 is 0.622 bits per heavy atom. The first-order valence-electron chi connectivity index (χ1n) is 31.4. The highest BCUT2D eigenvalue weighted by atomic mass is 15.1. The van der Waals surface area contributed by atoms with Gasteiger partial charge < -0.3 is 9.13 Å². The Kier molecular flexibility index (Phi) is 14.0. The van der Waals surface area contributed by atoms with Gasteiger partial charge >= 0.3 is 0 Å². The van der Waals surface area contributed by atoms with Crippen molar-refractivity contribution >= 4 is 43.6 Å². The van der Waals surface area contributed by atoms with Crippen molar-refractivity contribution in [2.24, 2.45) is 0 Å². The van der Waals surface area contributed by atoms with E-state index in [0.717, 1.165) is 55.9 Å². The zero-order valence-corrected chi connectivity index (χ0v) is 54.6. The van der Waals surface area contributed by atoms with Crippen LogP contribution in [-0.4, -0.2) is 39.0 Å². The fourth-order valence-corrected chi connectivity index (χ4v) is 14.3. The summed E-state index contributed by atoms with van der Waals surface area (Å²) in [5.41, 5.74) is 34.8. The molecule has 0 aliphatic rings. The van der Waals surface area contributed by atoms with Crippen molar-refractivity contribution in [1.82, 2.24) is 39.0 Å². The molecule has 8 heteroatoms. The van der Waals surface area contributed by atoms with E-state index in [-0.39, 0.29) is 0 Å². The fraction of sp³-hybridized carbons (Fsp3) is 0.195. The van der Waals surface area contributed by atoms with E-state index >= 15 is 0 Å². The van der Waals surface area contributed by atoms with Crippen LogP contribution < -0.4 is 0 Å². The summed E-state index contributed by atoms with van der Waals surface area (Å²) in [4.78, 5) is 32.1. The van der Waals surface area contributed by atoms with Gasteiger partial charge in [-0.05, 0) is 236 Å². The fourth-order valence-electron chi connectivity index (χ4n) is 14.3. The minimum atomic E-state index is 0.567. The monoisotopic (exact) mass is 1170 g/mol. The number of hydrogen-bond acceptors (Lipinski definition) is 6. The summed E-state index contributed by atoms with van der Waals surface area (Å²) < 4.78 is 5.23. The number of aryl methyl sites for hydroxylation is 8. The molecule has 90 heavy (non-hydrogen) atoms. The Balaban J connectivity index is 1.21. The third kappa shape index (κ3) is 8.85. The van der Waals surface area contributed by atoms with Gasteiger partial charge in [0.05, 0.1) is 33.4 Å².